The molecule has 0 heterocycles. The van der Waals surface area contributed by atoms with Crippen molar-refractivity contribution in [3.05, 3.63) is 35.9 Å². The summed E-state index contributed by atoms with van der Waals surface area (Å²) in [6.07, 6.45) is 5.90. The number of hydrogen-bond donors (Lipinski definition) is 3. The third kappa shape index (κ3) is 4.60. The Morgan fingerprint density at radius 1 is 1.11 bits per heavy atom. The van der Waals surface area contributed by atoms with Crippen LogP contribution in [0.3, 0.4) is 0 Å². The Labute approximate surface area is 115 Å². The SMILES string of the molecule is OCC(Cc1ccccc1)NC1CCCCCC1O. The molecule has 0 radical (unpaired) electrons. The van der Waals surface area contributed by atoms with Crippen LogP contribution in [-0.2, 0) is 6.42 Å². The van der Waals surface area contributed by atoms with Gasteiger partial charge in [-0.3, -0.25) is 0 Å². The third-order valence-electron chi connectivity index (χ3n) is 3.97. The molecule has 0 spiro atoms. The second-order valence-electron chi connectivity index (χ2n) is 5.55. The molecule has 1 saturated carbocycles. The molecule has 106 valence electrons. The minimum absolute atomic E-state index is 0.0279. The van der Waals surface area contributed by atoms with Gasteiger partial charge in [0.05, 0.1) is 12.7 Å². The average Bonchev–Trinajstić information content (AvgIpc) is 2.64. The standard InChI is InChI=1S/C16H25NO2/c18-12-14(11-13-7-3-1-4-8-13)17-15-9-5-2-6-10-16(15)19/h1,3-4,7-8,14-19H,2,5-6,9-12H2. The van der Waals surface area contributed by atoms with Crippen molar-refractivity contribution in [3.8, 4) is 0 Å². The van der Waals surface area contributed by atoms with Gasteiger partial charge in [0.1, 0.15) is 0 Å². The van der Waals surface area contributed by atoms with Crippen molar-refractivity contribution in [2.75, 3.05) is 6.61 Å². The molecular formula is C16H25NO2. The molecule has 3 unspecified atom stereocenters. The van der Waals surface area contributed by atoms with Gasteiger partial charge in [-0.15, -0.1) is 0 Å². The van der Waals surface area contributed by atoms with Gasteiger partial charge < -0.3 is 15.5 Å². The summed E-state index contributed by atoms with van der Waals surface area (Å²) in [6.45, 7) is 0.109. The lowest BCUT2D eigenvalue weighted by Gasteiger charge is -2.27. The molecule has 0 amide bonds. The topological polar surface area (TPSA) is 52.5 Å². The summed E-state index contributed by atoms with van der Waals surface area (Å²) < 4.78 is 0. The normalized spacial score (nSPS) is 25.8. The average molecular weight is 263 g/mol. The van der Waals surface area contributed by atoms with Crippen LogP contribution in [0.4, 0.5) is 0 Å². The summed E-state index contributed by atoms with van der Waals surface area (Å²) in [4.78, 5) is 0. The maximum Gasteiger partial charge on any atom is 0.0693 e. The van der Waals surface area contributed by atoms with Crippen LogP contribution in [0.1, 0.15) is 37.7 Å². The van der Waals surface area contributed by atoms with Crippen molar-refractivity contribution in [1.82, 2.24) is 5.32 Å². The van der Waals surface area contributed by atoms with Crippen LogP contribution in [0.25, 0.3) is 0 Å². The molecule has 0 aliphatic heterocycles. The van der Waals surface area contributed by atoms with Crippen molar-refractivity contribution < 1.29 is 10.2 Å². The fraction of sp³-hybridized carbons (Fsp3) is 0.625. The van der Waals surface area contributed by atoms with E-state index in [0.29, 0.717) is 0 Å². The van der Waals surface area contributed by atoms with Crippen molar-refractivity contribution in [2.24, 2.45) is 0 Å². The molecule has 3 nitrogen and oxygen atoms in total. The zero-order valence-corrected chi connectivity index (χ0v) is 11.5. The Bertz CT molecular complexity index is 355. The summed E-state index contributed by atoms with van der Waals surface area (Å²) in [7, 11) is 0. The van der Waals surface area contributed by atoms with E-state index in [0.717, 1.165) is 32.1 Å². The molecule has 1 aromatic rings. The summed E-state index contributed by atoms with van der Waals surface area (Å²) in [5.41, 5.74) is 1.22. The number of hydrogen-bond acceptors (Lipinski definition) is 3. The molecule has 0 bridgehead atoms. The van der Waals surface area contributed by atoms with Gasteiger partial charge in [-0.2, -0.15) is 0 Å². The van der Waals surface area contributed by atoms with Crippen LogP contribution in [-0.4, -0.2) is 35.0 Å². The van der Waals surface area contributed by atoms with Gasteiger partial charge >= 0.3 is 0 Å². The predicted molar refractivity (Wildman–Crippen MR) is 77.0 cm³/mol. The van der Waals surface area contributed by atoms with E-state index in [2.05, 4.69) is 17.4 Å². The molecule has 1 aliphatic carbocycles. The van der Waals surface area contributed by atoms with E-state index in [1.807, 2.05) is 18.2 Å². The van der Waals surface area contributed by atoms with E-state index in [4.69, 9.17) is 0 Å². The smallest absolute Gasteiger partial charge is 0.0693 e. The van der Waals surface area contributed by atoms with Crippen molar-refractivity contribution in [1.29, 1.82) is 0 Å². The number of aliphatic hydroxyl groups is 2. The minimum Gasteiger partial charge on any atom is -0.395 e. The Kier molecular flexibility index (Phi) is 5.83. The number of nitrogens with one attached hydrogen (secondary N) is 1. The van der Waals surface area contributed by atoms with E-state index in [1.165, 1.54) is 12.0 Å². The lowest BCUT2D eigenvalue weighted by Crippen LogP contribution is -2.47. The second-order valence-corrected chi connectivity index (χ2v) is 5.55. The van der Waals surface area contributed by atoms with Gasteiger partial charge in [-0.05, 0) is 24.8 Å². The Morgan fingerprint density at radius 3 is 2.58 bits per heavy atom. The molecule has 3 N–H and O–H groups in total. The van der Waals surface area contributed by atoms with Crippen molar-refractivity contribution >= 4 is 0 Å². The highest BCUT2D eigenvalue weighted by molar-refractivity contribution is 5.16. The molecule has 0 aromatic heterocycles. The fourth-order valence-electron chi connectivity index (χ4n) is 2.86. The quantitative estimate of drug-likeness (QED) is 0.711. The Hall–Kier alpha value is -0.900. The molecular weight excluding hydrogens is 238 g/mol. The maximum absolute atomic E-state index is 10.1. The Balaban J connectivity index is 1.90. The van der Waals surface area contributed by atoms with Crippen LogP contribution in [0, 0.1) is 0 Å². The summed E-state index contributed by atoms with van der Waals surface area (Å²) in [5.74, 6) is 0. The molecule has 2 rings (SSSR count). The zero-order chi connectivity index (χ0) is 13.5. The number of aliphatic hydroxyl groups excluding tert-OH is 2. The first kappa shape index (κ1) is 14.5. The van der Waals surface area contributed by atoms with Gasteiger partial charge in [-0.25, -0.2) is 0 Å². The first-order valence-electron chi connectivity index (χ1n) is 7.38. The highest BCUT2D eigenvalue weighted by Gasteiger charge is 2.23. The van der Waals surface area contributed by atoms with Gasteiger partial charge in [0, 0.05) is 12.1 Å². The number of rotatable bonds is 5. The summed E-state index contributed by atoms with van der Waals surface area (Å²) in [5, 5.41) is 23.1. The molecule has 19 heavy (non-hydrogen) atoms. The van der Waals surface area contributed by atoms with Gasteiger partial charge in [0.2, 0.25) is 0 Å². The molecule has 0 saturated heterocycles. The molecule has 1 fully saturated rings. The Morgan fingerprint density at radius 2 is 1.84 bits per heavy atom. The van der Waals surface area contributed by atoms with Crippen LogP contribution in [0.2, 0.25) is 0 Å². The lowest BCUT2D eigenvalue weighted by molar-refractivity contribution is 0.105. The van der Waals surface area contributed by atoms with Gasteiger partial charge in [-0.1, -0.05) is 49.6 Å². The van der Waals surface area contributed by atoms with Crippen molar-refractivity contribution in [3.63, 3.8) is 0 Å². The van der Waals surface area contributed by atoms with Crippen LogP contribution < -0.4 is 5.32 Å². The van der Waals surface area contributed by atoms with E-state index in [1.54, 1.807) is 0 Å². The van der Waals surface area contributed by atoms with E-state index in [-0.39, 0.29) is 24.8 Å². The second kappa shape index (κ2) is 7.63. The lowest BCUT2D eigenvalue weighted by atomic mass is 10.0. The first-order chi connectivity index (χ1) is 9.29. The number of benzene rings is 1. The third-order valence-corrected chi connectivity index (χ3v) is 3.97. The van der Waals surface area contributed by atoms with Crippen LogP contribution >= 0.6 is 0 Å². The van der Waals surface area contributed by atoms with E-state index in [9.17, 15) is 10.2 Å². The summed E-state index contributed by atoms with van der Waals surface area (Å²) in [6, 6.07) is 10.3. The highest BCUT2D eigenvalue weighted by Crippen LogP contribution is 2.19. The van der Waals surface area contributed by atoms with E-state index >= 15 is 0 Å². The van der Waals surface area contributed by atoms with Crippen LogP contribution in [0.15, 0.2) is 30.3 Å². The molecule has 3 heteroatoms. The molecule has 3 atom stereocenters. The zero-order valence-electron chi connectivity index (χ0n) is 11.5. The van der Waals surface area contributed by atoms with Crippen LogP contribution in [0.5, 0.6) is 0 Å². The minimum atomic E-state index is -0.271. The molecule has 1 aromatic carbocycles. The largest absolute Gasteiger partial charge is 0.395 e. The van der Waals surface area contributed by atoms with Crippen molar-refractivity contribution in [2.45, 2.75) is 56.7 Å². The first-order valence-corrected chi connectivity index (χ1v) is 7.38. The van der Waals surface area contributed by atoms with Gasteiger partial charge in [0.25, 0.3) is 0 Å². The maximum atomic E-state index is 10.1. The summed E-state index contributed by atoms with van der Waals surface area (Å²) >= 11 is 0. The highest BCUT2D eigenvalue weighted by atomic mass is 16.3. The molecule has 1 aliphatic rings. The van der Waals surface area contributed by atoms with Gasteiger partial charge in [0.15, 0.2) is 0 Å². The van der Waals surface area contributed by atoms with E-state index < -0.39 is 0 Å². The monoisotopic (exact) mass is 263 g/mol. The fourth-order valence-corrected chi connectivity index (χ4v) is 2.86. The predicted octanol–water partition coefficient (Wildman–Crippen LogP) is 1.87.